The van der Waals surface area contributed by atoms with E-state index in [1.54, 1.807) is 6.07 Å². The van der Waals surface area contributed by atoms with Crippen molar-refractivity contribution in [3.05, 3.63) is 52.9 Å². The third-order valence-corrected chi connectivity index (χ3v) is 3.96. The van der Waals surface area contributed by atoms with Crippen molar-refractivity contribution in [3.8, 4) is 0 Å². The lowest BCUT2D eigenvalue weighted by molar-refractivity contribution is -0.117. The van der Waals surface area contributed by atoms with Crippen molar-refractivity contribution in [3.63, 3.8) is 0 Å². The lowest BCUT2D eigenvalue weighted by Crippen LogP contribution is -2.27. The number of carbonyl (C=O) groups excluding carboxylic acids is 2. The number of nitrogens with zero attached hydrogens (tertiary/aromatic N) is 2. The van der Waals surface area contributed by atoms with Crippen molar-refractivity contribution in [2.75, 3.05) is 28.8 Å². The summed E-state index contributed by atoms with van der Waals surface area (Å²) in [5, 5.41) is 2.79. The van der Waals surface area contributed by atoms with Gasteiger partial charge < -0.3 is 27.2 Å². The van der Waals surface area contributed by atoms with Crippen LogP contribution in [0.2, 0.25) is 0 Å². The molecule has 0 saturated carbocycles. The molecule has 6 N–H and O–H groups in total. The van der Waals surface area contributed by atoms with Gasteiger partial charge in [-0.1, -0.05) is 0 Å². The molecule has 0 heterocycles. The van der Waals surface area contributed by atoms with E-state index in [1.165, 1.54) is 12.1 Å². The second-order valence-corrected chi connectivity index (χ2v) is 5.78. The van der Waals surface area contributed by atoms with E-state index in [0.717, 1.165) is 17.9 Å². The number of benzene rings is 2. The summed E-state index contributed by atoms with van der Waals surface area (Å²) in [6.07, 6.45) is 0.289. The first-order valence-corrected chi connectivity index (χ1v) is 8.37. The Morgan fingerprint density at radius 2 is 1.78 bits per heavy atom. The van der Waals surface area contributed by atoms with Crippen LogP contribution in [0.1, 0.15) is 23.7 Å². The predicted octanol–water partition coefficient (Wildman–Crippen LogP) is 2.32. The number of hydrazine groups is 1. The molecule has 142 valence electrons. The highest BCUT2D eigenvalue weighted by molar-refractivity contribution is 5.99. The van der Waals surface area contributed by atoms with Gasteiger partial charge in [-0.2, -0.15) is 0 Å². The number of nitrogens with one attached hydrogen (secondary N) is 2. The lowest BCUT2D eigenvalue weighted by atomic mass is 10.1. The fourth-order valence-electron chi connectivity index (χ4n) is 2.51. The zero-order valence-corrected chi connectivity index (χ0v) is 14.9. The average Bonchev–Trinajstić information content (AvgIpc) is 2.67. The number of primary amides is 2. The Morgan fingerprint density at radius 3 is 2.33 bits per heavy atom. The van der Waals surface area contributed by atoms with Crippen LogP contribution in [0.15, 0.2) is 47.6 Å². The molecule has 0 aliphatic carbocycles. The molecule has 0 fully saturated rings. The maximum atomic E-state index is 11.5. The molecule has 2 amide bonds. The van der Waals surface area contributed by atoms with Gasteiger partial charge in [-0.05, 0) is 54.6 Å². The molecule has 0 saturated heterocycles. The zero-order chi connectivity index (χ0) is 19.8. The van der Waals surface area contributed by atoms with E-state index in [0.29, 0.717) is 12.2 Å². The van der Waals surface area contributed by atoms with E-state index in [2.05, 4.69) is 16.0 Å². The molecule has 2 aromatic rings. The molecule has 0 radical (unpaired) electrons. The smallest absolute Gasteiger partial charge is 0.250 e. The van der Waals surface area contributed by atoms with Gasteiger partial charge in [-0.3, -0.25) is 9.59 Å². The first-order chi connectivity index (χ1) is 12.9. The van der Waals surface area contributed by atoms with Crippen molar-refractivity contribution < 1.29 is 9.59 Å². The lowest BCUT2D eigenvalue weighted by Gasteiger charge is -2.23. The van der Waals surface area contributed by atoms with Crippen LogP contribution in [0.5, 0.6) is 0 Å². The van der Waals surface area contributed by atoms with E-state index in [4.69, 9.17) is 11.5 Å². The second-order valence-electron chi connectivity index (χ2n) is 5.78. The first kappa shape index (κ1) is 19.7. The quantitative estimate of drug-likeness (QED) is 0.373. The van der Waals surface area contributed by atoms with Crippen LogP contribution in [-0.2, 0) is 4.79 Å². The third-order valence-electron chi connectivity index (χ3n) is 3.96. The van der Waals surface area contributed by atoms with Crippen molar-refractivity contribution in [1.29, 1.82) is 0 Å². The molecule has 0 aliphatic rings. The van der Waals surface area contributed by atoms with Crippen LogP contribution >= 0.6 is 0 Å². The van der Waals surface area contributed by atoms with Crippen LogP contribution < -0.4 is 27.2 Å². The summed E-state index contributed by atoms with van der Waals surface area (Å²) in [5.74, 6) is -1.01. The standard InChI is InChI=1S/C18H22N6O3/c1-2-24(10-9-17(19)25)14-6-3-12(4-7-14)21-22-16-8-5-13(23-27)11-15(16)18(20)26/h3-8,11,21-22H,2,9-10H2,1H3,(H2,19,25)(H2,20,26). The zero-order valence-electron chi connectivity index (χ0n) is 14.9. The van der Waals surface area contributed by atoms with Crippen molar-refractivity contribution in [2.24, 2.45) is 16.6 Å². The highest BCUT2D eigenvalue weighted by Crippen LogP contribution is 2.23. The predicted molar refractivity (Wildman–Crippen MR) is 106 cm³/mol. The molecule has 0 bridgehead atoms. The van der Waals surface area contributed by atoms with E-state index in [9.17, 15) is 14.5 Å². The average molecular weight is 370 g/mol. The van der Waals surface area contributed by atoms with E-state index in [1.807, 2.05) is 36.1 Å². The molecule has 0 spiro atoms. The topological polar surface area (TPSA) is 143 Å². The number of amides is 2. The van der Waals surface area contributed by atoms with Gasteiger partial charge in [0.2, 0.25) is 5.91 Å². The molecular formula is C18H22N6O3. The summed E-state index contributed by atoms with van der Waals surface area (Å²) >= 11 is 0. The molecule has 0 unspecified atom stereocenters. The Balaban J connectivity index is 2.06. The molecule has 0 atom stereocenters. The first-order valence-electron chi connectivity index (χ1n) is 8.37. The highest BCUT2D eigenvalue weighted by atomic mass is 16.3. The number of rotatable bonds is 10. The van der Waals surface area contributed by atoms with Crippen molar-refractivity contribution in [1.82, 2.24) is 0 Å². The summed E-state index contributed by atoms with van der Waals surface area (Å²) in [4.78, 5) is 35.1. The minimum absolute atomic E-state index is 0.120. The highest BCUT2D eigenvalue weighted by Gasteiger charge is 2.10. The third kappa shape index (κ3) is 5.43. The van der Waals surface area contributed by atoms with Gasteiger partial charge in [0.05, 0.1) is 16.9 Å². The number of hydrogen-bond donors (Lipinski definition) is 4. The summed E-state index contributed by atoms with van der Waals surface area (Å²) in [6.45, 7) is 3.30. The van der Waals surface area contributed by atoms with Crippen LogP contribution in [0, 0.1) is 4.91 Å². The number of hydrogen-bond acceptors (Lipinski definition) is 7. The summed E-state index contributed by atoms with van der Waals surface area (Å²) in [6, 6.07) is 11.8. The number of carbonyl (C=O) groups is 2. The SMILES string of the molecule is CCN(CCC(N)=O)c1ccc(NNc2ccc(N=O)cc2C(N)=O)cc1. The minimum atomic E-state index is -0.673. The molecule has 9 nitrogen and oxygen atoms in total. The normalized spacial score (nSPS) is 10.1. The van der Waals surface area contributed by atoms with Gasteiger partial charge in [0, 0.05) is 25.2 Å². The van der Waals surface area contributed by atoms with E-state index in [-0.39, 0.29) is 23.6 Å². The van der Waals surface area contributed by atoms with Crippen LogP contribution in [-0.4, -0.2) is 24.9 Å². The number of anilines is 3. The number of nitroso groups, excluding NO2 is 1. The van der Waals surface area contributed by atoms with Crippen molar-refractivity contribution >= 4 is 34.6 Å². The van der Waals surface area contributed by atoms with E-state index >= 15 is 0 Å². The van der Waals surface area contributed by atoms with Gasteiger partial charge in [0.15, 0.2) is 0 Å². The maximum Gasteiger partial charge on any atom is 0.250 e. The van der Waals surface area contributed by atoms with Gasteiger partial charge in [-0.25, -0.2) is 0 Å². The Morgan fingerprint density at radius 1 is 1.07 bits per heavy atom. The maximum absolute atomic E-state index is 11.5. The summed E-state index contributed by atoms with van der Waals surface area (Å²) < 4.78 is 0. The monoisotopic (exact) mass is 370 g/mol. The Kier molecular flexibility index (Phi) is 6.70. The Labute approximate surface area is 156 Å². The largest absolute Gasteiger partial charge is 0.371 e. The fraction of sp³-hybridized carbons (Fsp3) is 0.222. The van der Waals surface area contributed by atoms with E-state index < -0.39 is 5.91 Å². The Hall–Kier alpha value is -3.62. The van der Waals surface area contributed by atoms with Gasteiger partial charge in [0.25, 0.3) is 5.91 Å². The van der Waals surface area contributed by atoms with Crippen molar-refractivity contribution in [2.45, 2.75) is 13.3 Å². The summed E-state index contributed by atoms with van der Waals surface area (Å²) in [5.41, 5.74) is 18.8. The van der Waals surface area contributed by atoms with Crippen LogP contribution in [0.3, 0.4) is 0 Å². The minimum Gasteiger partial charge on any atom is -0.371 e. The number of nitrogens with two attached hydrogens (primary N) is 2. The summed E-state index contributed by atoms with van der Waals surface area (Å²) in [7, 11) is 0. The van der Waals surface area contributed by atoms with Gasteiger partial charge in [0.1, 0.15) is 5.69 Å². The molecule has 0 aliphatic heterocycles. The van der Waals surface area contributed by atoms with Crippen LogP contribution in [0.4, 0.5) is 22.7 Å². The molecule has 2 aromatic carbocycles. The molecule has 0 aromatic heterocycles. The molecular weight excluding hydrogens is 348 g/mol. The molecule has 9 heteroatoms. The van der Waals surface area contributed by atoms with Gasteiger partial charge in [-0.15, -0.1) is 4.91 Å². The fourth-order valence-corrected chi connectivity index (χ4v) is 2.51. The second kappa shape index (κ2) is 9.18. The Bertz CT molecular complexity index is 822. The molecule has 2 rings (SSSR count). The van der Waals surface area contributed by atoms with Gasteiger partial charge >= 0.3 is 0 Å². The van der Waals surface area contributed by atoms with Crippen LogP contribution in [0.25, 0.3) is 0 Å². The molecule has 27 heavy (non-hydrogen) atoms.